The van der Waals surface area contributed by atoms with Crippen LogP contribution in [0.3, 0.4) is 0 Å². The number of halogens is 1. The monoisotopic (exact) mass is 254 g/mol. The fourth-order valence-electron chi connectivity index (χ4n) is 1.22. The van der Waals surface area contributed by atoms with E-state index in [1.54, 1.807) is 0 Å². The van der Waals surface area contributed by atoms with Gasteiger partial charge in [0.05, 0.1) is 30.1 Å². The molecule has 0 radical (unpaired) electrons. The number of benzene rings is 1. The Kier molecular flexibility index (Phi) is 4.01. The maximum atomic E-state index is 11.1. The fraction of sp³-hybridized carbons (Fsp3) is 0.200. The molecule has 0 aromatic heterocycles. The van der Waals surface area contributed by atoms with Gasteiger partial charge in [-0.1, -0.05) is 11.6 Å². The van der Waals surface area contributed by atoms with Crippen LogP contribution in [0.4, 0.5) is 5.69 Å². The van der Waals surface area contributed by atoms with Gasteiger partial charge in [-0.25, -0.2) is 0 Å². The molecule has 7 heteroatoms. The number of methoxy groups -OCH3 is 1. The summed E-state index contributed by atoms with van der Waals surface area (Å²) >= 11 is 5.64. The Morgan fingerprint density at radius 1 is 1.65 bits per heavy atom. The van der Waals surface area contributed by atoms with Crippen LogP contribution >= 0.6 is 11.6 Å². The number of hydrogen-bond donors (Lipinski definition) is 0. The Labute approximate surface area is 102 Å². The summed E-state index contributed by atoms with van der Waals surface area (Å²) in [6.07, 6.45) is -0.211. The smallest absolute Gasteiger partial charge is 0.310 e. The zero-order valence-electron chi connectivity index (χ0n) is 8.77. The molecule has 0 heterocycles. The van der Waals surface area contributed by atoms with Crippen molar-refractivity contribution in [1.82, 2.24) is 0 Å². The lowest BCUT2D eigenvalue weighted by Crippen LogP contribution is -2.06. The van der Waals surface area contributed by atoms with Crippen LogP contribution in [0.1, 0.15) is 11.1 Å². The molecule has 0 amide bonds. The number of carbonyl (C=O) groups is 1. The molecule has 17 heavy (non-hydrogen) atoms. The Hall–Kier alpha value is -2.13. The van der Waals surface area contributed by atoms with Crippen LogP contribution in [0.5, 0.6) is 0 Å². The van der Waals surface area contributed by atoms with Crippen molar-refractivity contribution in [2.24, 2.45) is 0 Å². The van der Waals surface area contributed by atoms with Gasteiger partial charge in [-0.15, -0.1) is 0 Å². The molecule has 1 aromatic carbocycles. The Balaban J connectivity index is 3.27. The van der Waals surface area contributed by atoms with Gasteiger partial charge < -0.3 is 4.74 Å². The van der Waals surface area contributed by atoms with Crippen LogP contribution in [0.2, 0.25) is 5.02 Å². The van der Waals surface area contributed by atoms with Crippen molar-refractivity contribution in [3.05, 3.63) is 38.4 Å². The fourth-order valence-corrected chi connectivity index (χ4v) is 1.46. The average molecular weight is 255 g/mol. The topological polar surface area (TPSA) is 93.2 Å². The van der Waals surface area contributed by atoms with Crippen LogP contribution in [0, 0.1) is 21.4 Å². The molecule has 0 spiro atoms. The van der Waals surface area contributed by atoms with Crippen LogP contribution in [-0.2, 0) is 16.0 Å². The largest absolute Gasteiger partial charge is 0.469 e. The van der Waals surface area contributed by atoms with Crippen molar-refractivity contribution in [3.63, 3.8) is 0 Å². The van der Waals surface area contributed by atoms with Crippen molar-refractivity contribution in [2.45, 2.75) is 6.42 Å². The first-order valence-corrected chi connectivity index (χ1v) is 4.81. The minimum Gasteiger partial charge on any atom is -0.469 e. The maximum Gasteiger partial charge on any atom is 0.310 e. The van der Waals surface area contributed by atoms with Crippen molar-refractivity contribution in [1.29, 1.82) is 5.26 Å². The first-order valence-electron chi connectivity index (χ1n) is 4.43. The van der Waals surface area contributed by atoms with Crippen molar-refractivity contribution in [2.75, 3.05) is 7.11 Å². The number of ether oxygens (including phenoxy) is 1. The first-order chi connectivity index (χ1) is 7.99. The third kappa shape index (κ3) is 2.92. The molecule has 6 nitrogen and oxygen atoms in total. The van der Waals surface area contributed by atoms with E-state index >= 15 is 0 Å². The maximum absolute atomic E-state index is 11.1. The van der Waals surface area contributed by atoms with Gasteiger partial charge in [0, 0.05) is 6.07 Å². The van der Waals surface area contributed by atoms with Gasteiger partial charge in [0.2, 0.25) is 0 Å². The second-order valence-electron chi connectivity index (χ2n) is 3.08. The number of nitrogens with zero attached hydrogens (tertiary/aromatic N) is 2. The Morgan fingerprint density at radius 3 is 2.76 bits per heavy atom. The van der Waals surface area contributed by atoms with E-state index in [9.17, 15) is 14.9 Å². The molecule has 1 aromatic rings. The van der Waals surface area contributed by atoms with Gasteiger partial charge in [0.25, 0.3) is 5.69 Å². The zero-order valence-corrected chi connectivity index (χ0v) is 9.52. The third-order valence-corrected chi connectivity index (χ3v) is 2.35. The molecule has 0 saturated heterocycles. The summed E-state index contributed by atoms with van der Waals surface area (Å²) in [6.45, 7) is 0. The van der Waals surface area contributed by atoms with Gasteiger partial charge in [-0.05, 0) is 11.6 Å². The number of hydrogen-bond acceptors (Lipinski definition) is 5. The molecular formula is C10H7ClN2O4. The molecule has 0 aliphatic heterocycles. The summed E-state index contributed by atoms with van der Waals surface area (Å²) < 4.78 is 4.43. The van der Waals surface area contributed by atoms with Crippen LogP contribution in [0.25, 0.3) is 0 Å². The molecule has 0 bridgehead atoms. The molecule has 88 valence electrons. The van der Waals surface area contributed by atoms with Crippen LogP contribution in [-0.4, -0.2) is 18.0 Å². The van der Waals surface area contributed by atoms with E-state index in [-0.39, 0.29) is 28.3 Å². The molecular weight excluding hydrogens is 248 g/mol. The lowest BCUT2D eigenvalue weighted by atomic mass is 10.0. The third-order valence-electron chi connectivity index (χ3n) is 2.05. The minimum absolute atomic E-state index is 0.117. The SMILES string of the molecule is COC(=O)Cc1cc([N+](=O)[O-])c(Cl)cc1C#N. The standard InChI is InChI=1S/C10H7ClN2O4/c1-17-10(14)4-6-3-9(13(15)16)8(11)2-7(6)5-12/h2-3H,4H2,1H3. The molecule has 0 N–H and O–H groups in total. The van der Waals surface area contributed by atoms with Crippen molar-refractivity contribution in [3.8, 4) is 6.07 Å². The summed E-state index contributed by atoms with van der Waals surface area (Å²) in [6, 6.07) is 4.09. The molecule has 0 fully saturated rings. The predicted molar refractivity (Wildman–Crippen MR) is 58.5 cm³/mol. The quantitative estimate of drug-likeness (QED) is 0.466. The summed E-state index contributed by atoms with van der Waals surface area (Å²) in [7, 11) is 1.19. The molecule has 0 atom stereocenters. The number of nitriles is 1. The predicted octanol–water partition coefficient (Wildman–Crippen LogP) is 1.84. The van der Waals surface area contributed by atoms with E-state index in [1.807, 2.05) is 6.07 Å². The van der Waals surface area contributed by atoms with E-state index in [0.29, 0.717) is 0 Å². The first kappa shape index (κ1) is 12.9. The molecule has 1 rings (SSSR count). The van der Waals surface area contributed by atoms with Crippen molar-refractivity contribution >= 4 is 23.3 Å². The molecule has 0 unspecified atom stereocenters. The van der Waals surface area contributed by atoms with Gasteiger partial charge in [0.15, 0.2) is 0 Å². The lowest BCUT2D eigenvalue weighted by Gasteiger charge is -2.04. The highest BCUT2D eigenvalue weighted by Crippen LogP contribution is 2.28. The summed E-state index contributed by atoms with van der Waals surface area (Å²) in [4.78, 5) is 21.1. The lowest BCUT2D eigenvalue weighted by molar-refractivity contribution is -0.384. The zero-order chi connectivity index (χ0) is 13.0. The average Bonchev–Trinajstić information content (AvgIpc) is 2.30. The van der Waals surface area contributed by atoms with E-state index < -0.39 is 10.9 Å². The summed E-state index contributed by atoms with van der Waals surface area (Å²) in [5, 5.41) is 19.3. The number of esters is 1. The molecule has 0 aliphatic rings. The highest BCUT2D eigenvalue weighted by molar-refractivity contribution is 6.32. The molecule has 0 aliphatic carbocycles. The minimum atomic E-state index is -0.676. The Morgan fingerprint density at radius 2 is 2.29 bits per heavy atom. The summed E-state index contributed by atoms with van der Waals surface area (Å²) in [5.74, 6) is -0.585. The van der Waals surface area contributed by atoms with Crippen LogP contribution in [0.15, 0.2) is 12.1 Å². The van der Waals surface area contributed by atoms with Gasteiger partial charge in [-0.3, -0.25) is 14.9 Å². The number of carbonyl (C=O) groups excluding carboxylic acids is 1. The number of nitro groups is 1. The van der Waals surface area contributed by atoms with Gasteiger partial charge in [0.1, 0.15) is 5.02 Å². The highest BCUT2D eigenvalue weighted by atomic mass is 35.5. The van der Waals surface area contributed by atoms with Gasteiger partial charge >= 0.3 is 5.97 Å². The second kappa shape index (κ2) is 5.27. The van der Waals surface area contributed by atoms with E-state index in [1.165, 1.54) is 7.11 Å². The van der Waals surface area contributed by atoms with Gasteiger partial charge in [-0.2, -0.15) is 5.26 Å². The Bertz CT molecular complexity index is 522. The highest BCUT2D eigenvalue weighted by Gasteiger charge is 2.18. The van der Waals surface area contributed by atoms with Crippen LogP contribution < -0.4 is 0 Å². The second-order valence-corrected chi connectivity index (χ2v) is 3.49. The van der Waals surface area contributed by atoms with E-state index in [4.69, 9.17) is 16.9 Å². The normalized spacial score (nSPS) is 9.47. The number of nitro benzene ring substituents is 1. The number of rotatable bonds is 3. The van der Waals surface area contributed by atoms with Crippen molar-refractivity contribution < 1.29 is 14.5 Å². The molecule has 0 saturated carbocycles. The van der Waals surface area contributed by atoms with E-state index in [2.05, 4.69) is 4.74 Å². The van der Waals surface area contributed by atoms with E-state index in [0.717, 1.165) is 12.1 Å². The summed E-state index contributed by atoms with van der Waals surface area (Å²) in [5.41, 5.74) is -0.00832.